The van der Waals surface area contributed by atoms with Gasteiger partial charge in [-0.05, 0) is 49.4 Å². The summed E-state index contributed by atoms with van der Waals surface area (Å²) in [6, 6.07) is 9.98. The van der Waals surface area contributed by atoms with Crippen molar-refractivity contribution >= 4 is 60.7 Å². The van der Waals surface area contributed by atoms with Crippen LogP contribution in [0.1, 0.15) is 6.92 Å². The molecule has 0 unspecified atom stereocenters. The first-order chi connectivity index (χ1) is 11.2. The normalized spacial score (nSPS) is 12.7. The van der Waals surface area contributed by atoms with E-state index in [-0.39, 0.29) is 14.9 Å². The molecule has 1 atom stereocenters. The van der Waals surface area contributed by atoms with Crippen LogP contribution in [0.25, 0.3) is 0 Å². The van der Waals surface area contributed by atoms with Gasteiger partial charge in [-0.2, -0.15) is 4.72 Å². The molecule has 0 heterocycles. The zero-order valence-corrected chi connectivity index (χ0v) is 16.3. The summed E-state index contributed by atoms with van der Waals surface area (Å²) in [5, 5.41) is 2.87. The molecule has 0 aliphatic heterocycles. The summed E-state index contributed by atoms with van der Waals surface area (Å²) in [7, 11) is -3.99. The number of amides is 1. The highest BCUT2D eigenvalue weighted by Gasteiger charge is 2.24. The molecule has 0 spiro atoms. The van der Waals surface area contributed by atoms with E-state index in [9.17, 15) is 13.2 Å². The van der Waals surface area contributed by atoms with Crippen molar-refractivity contribution in [1.29, 1.82) is 0 Å². The molecular weight excluding hydrogens is 439 g/mol. The number of hydrogen-bond acceptors (Lipinski definition) is 3. The highest BCUT2D eigenvalue weighted by atomic mass is 79.9. The predicted octanol–water partition coefficient (Wildman–Crippen LogP) is 4.06. The Labute approximate surface area is 158 Å². The molecule has 0 saturated heterocycles. The average Bonchev–Trinajstić information content (AvgIpc) is 2.51. The van der Waals surface area contributed by atoms with Crippen LogP contribution in [-0.2, 0) is 14.8 Å². The highest BCUT2D eigenvalue weighted by Crippen LogP contribution is 2.25. The molecule has 2 aromatic carbocycles. The summed E-state index contributed by atoms with van der Waals surface area (Å²) in [6.45, 7) is 1.43. The highest BCUT2D eigenvalue weighted by molar-refractivity contribution is 9.10. The van der Waals surface area contributed by atoms with Crippen molar-refractivity contribution in [1.82, 2.24) is 4.72 Å². The van der Waals surface area contributed by atoms with Crippen molar-refractivity contribution < 1.29 is 13.2 Å². The Hall–Kier alpha value is -1.12. The summed E-state index contributed by atoms with van der Waals surface area (Å²) >= 11 is 15.0. The topological polar surface area (TPSA) is 75.3 Å². The molecule has 0 radical (unpaired) electrons. The van der Waals surface area contributed by atoms with Crippen LogP contribution < -0.4 is 10.0 Å². The fraction of sp³-hybridized carbons (Fsp3) is 0.133. The van der Waals surface area contributed by atoms with Crippen LogP contribution in [0.3, 0.4) is 0 Å². The maximum atomic E-state index is 12.4. The Morgan fingerprint density at radius 3 is 2.38 bits per heavy atom. The maximum absolute atomic E-state index is 12.4. The SMILES string of the molecule is C[C@@H](NS(=O)(=O)c1cc(Cl)ccc1Cl)C(=O)Nc1ccc(Br)cc1. The monoisotopic (exact) mass is 450 g/mol. The fourth-order valence-corrected chi connectivity index (χ4v) is 4.05. The Balaban J connectivity index is 2.12. The van der Waals surface area contributed by atoms with Crippen molar-refractivity contribution in [3.05, 3.63) is 57.0 Å². The number of rotatable bonds is 5. The summed E-state index contributed by atoms with van der Waals surface area (Å²) < 4.78 is 27.9. The lowest BCUT2D eigenvalue weighted by molar-refractivity contribution is -0.117. The Morgan fingerprint density at radius 1 is 1.12 bits per heavy atom. The second kappa shape index (κ2) is 7.84. The van der Waals surface area contributed by atoms with Gasteiger partial charge in [0.05, 0.1) is 11.1 Å². The van der Waals surface area contributed by atoms with Crippen LogP contribution in [0.2, 0.25) is 10.0 Å². The largest absolute Gasteiger partial charge is 0.325 e. The smallest absolute Gasteiger partial charge is 0.242 e. The third-order valence-corrected chi connectivity index (χ3v) is 5.81. The lowest BCUT2D eigenvalue weighted by Gasteiger charge is -2.15. The van der Waals surface area contributed by atoms with E-state index in [2.05, 4.69) is 26.0 Å². The third-order valence-electron chi connectivity index (χ3n) is 3.02. The molecule has 0 aliphatic carbocycles. The lowest BCUT2D eigenvalue weighted by atomic mass is 10.3. The summed E-state index contributed by atoms with van der Waals surface area (Å²) in [5.74, 6) is -0.501. The van der Waals surface area contributed by atoms with Gasteiger partial charge in [-0.1, -0.05) is 39.1 Å². The zero-order valence-electron chi connectivity index (χ0n) is 12.4. The van der Waals surface area contributed by atoms with Gasteiger partial charge < -0.3 is 5.32 Å². The molecule has 5 nitrogen and oxygen atoms in total. The first-order valence-electron chi connectivity index (χ1n) is 6.73. The molecule has 0 bridgehead atoms. The van der Waals surface area contributed by atoms with E-state index in [1.54, 1.807) is 24.3 Å². The van der Waals surface area contributed by atoms with Gasteiger partial charge in [0.15, 0.2) is 0 Å². The van der Waals surface area contributed by atoms with Crippen molar-refractivity contribution in [2.24, 2.45) is 0 Å². The molecule has 1 amide bonds. The van der Waals surface area contributed by atoms with E-state index in [0.29, 0.717) is 5.69 Å². The fourth-order valence-electron chi connectivity index (χ4n) is 1.82. The molecule has 0 aliphatic rings. The van der Waals surface area contributed by atoms with Crippen molar-refractivity contribution in [3.8, 4) is 0 Å². The first kappa shape index (κ1) is 19.2. The van der Waals surface area contributed by atoms with Gasteiger partial charge in [0.25, 0.3) is 0 Å². The Morgan fingerprint density at radius 2 is 1.75 bits per heavy atom. The molecule has 2 aromatic rings. The average molecular weight is 452 g/mol. The van der Waals surface area contributed by atoms with Crippen LogP contribution in [0, 0.1) is 0 Å². The molecule has 2 N–H and O–H groups in total. The molecular formula is C15H13BrCl2N2O3S. The zero-order chi connectivity index (χ0) is 17.9. The maximum Gasteiger partial charge on any atom is 0.242 e. The number of halogens is 3. The number of carbonyl (C=O) groups is 1. The van der Waals surface area contributed by atoms with E-state index >= 15 is 0 Å². The standard InChI is InChI=1S/C15H13BrCl2N2O3S/c1-9(15(21)19-12-5-2-10(16)3-6-12)20-24(22,23)14-8-11(17)4-7-13(14)18/h2-9,20H,1H3,(H,19,21)/t9-/m1/s1. The lowest BCUT2D eigenvalue weighted by Crippen LogP contribution is -2.41. The quantitative estimate of drug-likeness (QED) is 0.719. The molecule has 9 heteroatoms. The predicted molar refractivity (Wildman–Crippen MR) is 99.0 cm³/mol. The van der Waals surface area contributed by atoms with Crippen molar-refractivity contribution in [2.45, 2.75) is 17.9 Å². The van der Waals surface area contributed by atoms with Gasteiger partial charge in [0.2, 0.25) is 15.9 Å². The van der Waals surface area contributed by atoms with E-state index in [1.807, 2.05) is 0 Å². The molecule has 2 rings (SSSR count). The van der Waals surface area contributed by atoms with Crippen LogP contribution in [0.4, 0.5) is 5.69 Å². The van der Waals surface area contributed by atoms with Gasteiger partial charge in [-0.25, -0.2) is 8.42 Å². The van der Waals surface area contributed by atoms with Gasteiger partial charge in [0.1, 0.15) is 4.90 Å². The second-order valence-corrected chi connectivity index (χ2v) is 8.36. The number of carbonyl (C=O) groups excluding carboxylic acids is 1. The Bertz CT molecular complexity index is 858. The molecule has 0 aromatic heterocycles. The first-order valence-corrected chi connectivity index (χ1v) is 9.76. The van der Waals surface area contributed by atoms with Crippen LogP contribution in [0.5, 0.6) is 0 Å². The Kier molecular flexibility index (Phi) is 6.28. The van der Waals surface area contributed by atoms with Crippen molar-refractivity contribution in [3.63, 3.8) is 0 Å². The van der Waals surface area contributed by atoms with Gasteiger partial charge in [-0.3, -0.25) is 4.79 Å². The third kappa shape index (κ3) is 4.94. The van der Waals surface area contributed by atoms with E-state index in [1.165, 1.54) is 25.1 Å². The number of nitrogens with one attached hydrogen (secondary N) is 2. The molecule has 24 heavy (non-hydrogen) atoms. The van der Waals surface area contributed by atoms with Gasteiger partial charge in [0, 0.05) is 15.2 Å². The number of hydrogen-bond donors (Lipinski definition) is 2. The van der Waals surface area contributed by atoms with Gasteiger partial charge >= 0.3 is 0 Å². The summed E-state index contributed by atoms with van der Waals surface area (Å²) in [5.41, 5.74) is 0.551. The molecule has 0 saturated carbocycles. The van der Waals surface area contributed by atoms with Crippen molar-refractivity contribution in [2.75, 3.05) is 5.32 Å². The molecule has 128 valence electrons. The van der Waals surface area contributed by atoms with Crippen LogP contribution in [-0.4, -0.2) is 20.4 Å². The number of sulfonamides is 1. The van der Waals surface area contributed by atoms with Crippen LogP contribution >= 0.6 is 39.1 Å². The van der Waals surface area contributed by atoms with Crippen LogP contribution in [0.15, 0.2) is 51.8 Å². The van der Waals surface area contributed by atoms with Gasteiger partial charge in [-0.15, -0.1) is 0 Å². The summed E-state index contributed by atoms with van der Waals surface area (Å²) in [6.07, 6.45) is 0. The molecule has 0 fully saturated rings. The second-order valence-electron chi connectivity index (χ2n) is 4.91. The minimum Gasteiger partial charge on any atom is -0.325 e. The minimum atomic E-state index is -3.99. The van der Waals surface area contributed by atoms with E-state index in [0.717, 1.165) is 4.47 Å². The number of benzene rings is 2. The minimum absolute atomic E-state index is 0.0208. The van der Waals surface area contributed by atoms with E-state index < -0.39 is 22.0 Å². The van der Waals surface area contributed by atoms with E-state index in [4.69, 9.17) is 23.2 Å². The summed E-state index contributed by atoms with van der Waals surface area (Å²) in [4.78, 5) is 12.0. The number of anilines is 1.